The van der Waals surface area contributed by atoms with E-state index < -0.39 is 11.8 Å². The Hall–Kier alpha value is -1.88. The molecular weight excluding hydrogens is 292 g/mol. The van der Waals surface area contributed by atoms with Gasteiger partial charge in [-0.15, -0.1) is 0 Å². The van der Waals surface area contributed by atoms with Crippen LogP contribution in [-0.2, 0) is 19.7 Å². The van der Waals surface area contributed by atoms with Gasteiger partial charge in [0.05, 0.1) is 12.7 Å². The smallest absolute Gasteiger partial charge is 0.312 e. The van der Waals surface area contributed by atoms with Crippen molar-refractivity contribution in [3.8, 4) is 0 Å². The van der Waals surface area contributed by atoms with Crippen LogP contribution < -0.4 is 5.32 Å². The molecule has 1 aromatic rings. The first-order valence-corrected chi connectivity index (χ1v) is 8.35. The van der Waals surface area contributed by atoms with Crippen LogP contribution in [0.3, 0.4) is 0 Å². The van der Waals surface area contributed by atoms with E-state index in [-0.39, 0.29) is 11.5 Å². The minimum atomic E-state index is -0.499. The zero-order valence-corrected chi connectivity index (χ0v) is 13.6. The van der Waals surface area contributed by atoms with Crippen LogP contribution in [0.4, 0.5) is 0 Å². The number of morpholine rings is 1. The Morgan fingerprint density at radius 2 is 2.04 bits per heavy atom. The summed E-state index contributed by atoms with van der Waals surface area (Å²) in [6.45, 7) is 3.90. The highest BCUT2D eigenvalue weighted by molar-refractivity contribution is 6.35. The third-order valence-corrected chi connectivity index (χ3v) is 5.01. The number of carbonyl (C=O) groups is 2. The Balaban J connectivity index is 1.58. The Morgan fingerprint density at radius 1 is 1.30 bits per heavy atom. The molecule has 0 radical (unpaired) electrons. The number of hydrogen-bond donors (Lipinski definition) is 1. The van der Waals surface area contributed by atoms with E-state index in [0.29, 0.717) is 26.2 Å². The molecule has 5 heteroatoms. The van der Waals surface area contributed by atoms with E-state index in [4.69, 9.17) is 4.74 Å². The van der Waals surface area contributed by atoms with E-state index in [1.54, 1.807) is 4.90 Å². The normalized spacial score (nSPS) is 23.0. The SMILES string of the molecule is C[C@@H]1CN(C(=O)C(=O)NCC2(c3ccccc3)CCC2)CCO1. The fraction of sp³-hybridized carbons (Fsp3) is 0.556. The molecule has 1 saturated heterocycles. The lowest BCUT2D eigenvalue weighted by Crippen LogP contribution is -2.53. The molecule has 3 rings (SSSR count). The summed E-state index contributed by atoms with van der Waals surface area (Å²) in [5.74, 6) is -0.941. The highest BCUT2D eigenvalue weighted by Gasteiger charge is 2.39. The van der Waals surface area contributed by atoms with Gasteiger partial charge in [-0.25, -0.2) is 0 Å². The number of rotatable bonds is 3. The average Bonchev–Trinajstić information content (AvgIpc) is 2.54. The lowest BCUT2D eigenvalue weighted by molar-refractivity contribution is -0.150. The lowest BCUT2D eigenvalue weighted by atomic mass is 9.64. The van der Waals surface area contributed by atoms with Crippen LogP contribution >= 0.6 is 0 Å². The molecule has 1 atom stereocenters. The Kier molecular flexibility index (Phi) is 4.66. The van der Waals surface area contributed by atoms with Crippen molar-refractivity contribution in [2.45, 2.75) is 37.7 Å². The van der Waals surface area contributed by atoms with Crippen LogP contribution in [-0.4, -0.2) is 49.1 Å². The lowest BCUT2D eigenvalue weighted by Gasteiger charge is -2.42. The summed E-state index contributed by atoms with van der Waals surface area (Å²) in [7, 11) is 0. The summed E-state index contributed by atoms with van der Waals surface area (Å²) >= 11 is 0. The second-order valence-corrected chi connectivity index (χ2v) is 6.62. The molecule has 124 valence electrons. The van der Waals surface area contributed by atoms with Crippen molar-refractivity contribution in [1.82, 2.24) is 10.2 Å². The molecule has 1 N–H and O–H groups in total. The van der Waals surface area contributed by atoms with Crippen molar-refractivity contribution < 1.29 is 14.3 Å². The van der Waals surface area contributed by atoms with Crippen molar-refractivity contribution in [1.29, 1.82) is 0 Å². The molecule has 1 heterocycles. The predicted octanol–water partition coefficient (Wildman–Crippen LogP) is 1.47. The topological polar surface area (TPSA) is 58.6 Å². The van der Waals surface area contributed by atoms with Gasteiger partial charge in [0.25, 0.3) is 0 Å². The monoisotopic (exact) mass is 316 g/mol. The molecule has 1 aliphatic carbocycles. The van der Waals surface area contributed by atoms with E-state index in [9.17, 15) is 9.59 Å². The molecule has 0 spiro atoms. The zero-order chi connectivity index (χ0) is 16.3. The molecule has 23 heavy (non-hydrogen) atoms. The first-order chi connectivity index (χ1) is 11.1. The molecule has 1 aliphatic heterocycles. The van der Waals surface area contributed by atoms with Gasteiger partial charge in [0.2, 0.25) is 0 Å². The van der Waals surface area contributed by atoms with E-state index >= 15 is 0 Å². The second-order valence-electron chi connectivity index (χ2n) is 6.62. The zero-order valence-electron chi connectivity index (χ0n) is 13.6. The number of hydrogen-bond acceptors (Lipinski definition) is 3. The van der Waals surface area contributed by atoms with E-state index in [2.05, 4.69) is 17.4 Å². The fourth-order valence-corrected chi connectivity index (χ4v) is 3.43. The summed E-state index contributed by atoms with van der Waals surface area (Å²) in [4.78, 5) is 26.1. The molecule has 2 aliphatic rings. The van der Waals surface area contributed by atoms with Crippen molar-refractivity contribution in [3.05, 3.63) is 35.9 Å². The maximum absolute atomic E-state index is 12.3. The van der Waals surface area contributed by atoms with Gasteiger partial charge in [0, 0.05) is 25.0 Å². The first-order valence-electron chi connectivity index (χ1n) is 8.35. The van der Waals surface area contributed by atoms with Gasteiger partial charge in [0.1, 0.15) is 0 Å². The van der Waals surface area contributed by atoms with Crippen LogP contribution in [0.1, 0.15) is 31.7 Å². The highest BCUT2D eigenvalue weighted by Crippen LogP contribution is 2.43. The summed E-state index contributed by atoms with van der Waals surface area (Å²) < 4.78 is 5.41. The van der Waals surface area contributed by atoms with Crippen LogP contribution in [0.25, 0.3) is 0 Å². The molecule has 0 bridgehead atoms. The minimum absolute atomic E-state index is 0.00446. The molecule has 2 fully saturated rings. The summed E-state index contributed by atoms with van der Waals surface area (Å²) in [5, 5.41) is 2.86. The molecule has 1 aromatic carbocycles. The summed E-state index contributed by atoms with van der Waals surface area (Å²) in [6, 6.07) is 10.3. The maximum Gasteiger partial charge on any atom is 0.312 e. The first kappa shape index (κ1) is 16.0. The quantitative estimate of drug-likeness (QED) is 0.859. The molecular formula is C18H24N2O3. The predicted molar refractivity (Wildman–Crippen MR) is 87.0 cm³/mol. The van der Waals surface area contributed by atoms with Gasteiger partial charge in [-0.2, -0.15) is 0 Å². The highest BCUT2D eigenvalue weighted by atomic mass is 16.5. The molecule has 1 saturated carbocycles. The van der Waals surface area contributed by atoms with Crippen molar-refractivity contribution in [2.24, 2.45) is 0 Å². The average molecular weight is 316 g/mol. The van der Waals surface area contributed by atoms with Crippen LogP contribution in [0.15, 0.2) is 30.3 Å². The third-order valence-electron chi connectivity index (χ3n) is 5.01. The van der Waals surface area contributed by atoms with Crippen LogP contribution in [0, 0.1) is 0 Å². The maximum atomic E-state index is 12.3. The van der Waals surface area contributed by atoms with Crippen molar-refractivity contribution in [3.63, 3.8) is 0 Å². The number of nitrogens with one attached hydrogen (secondary N) is 1. The standard InChI is InChI=1S/C18H24N2O3/c1-14-12-20(10-11-23-14)17(22)16(21)19-13-18(8-5-9-18)15-6-3-2-4-7-15/h2-4,6-7,14H,5,8-13H2,1H3,(H,19,21)/t14-/m1/s1. The van der Waals surface area contributed by atoms with E-state index in [1.807, 2.05) is 25.1 Å². The van der Waals surface area contributed by atoms with Gasteiger partial charge in [-0.1, -0.05) is 36.8 Å². The van der Waals surface area contributed by atoms with Gasteiger partial charge in [-0.05, 0) is 25.3 Å². The van der Waals surface area contributed by atoms with Crippen LogP contribution in [0.5, 0.6) is 0 Å². The number of benzene rings is 1. The Bertz CT molecular complexity index is 569. The molecule has 0 unspecified atom stereocenters. The molecule has 5 nitrogen and oxygen atoms in total. The van der Waals surface area contributed by atoms with Crippen molar-refractivity contribution in [2.75, 3.05) is 26.2 Å². The fourth-order valence-electron chi connectivity index (χ4n) is 3.43. The van der Waals surface area contributed by atoms with Crippen LogP contribution in [0.2, 0.25) is 0 Å². The van der Waals surface area contributed by atoms with Gasteiger partial charge in [0.15, 0.2) is 0 Å². The number of ether oxygens (including phenoxy) is 1. The summed E-state index contributed by atoms with van der Waals surface area (Å²) in [6.07, 6.45) is 3.27. The van der Waals surface area contributed by atoms with Gasteiger partial charge < -0.3 is 15.0 Å². The minimum Gasteiger partial charge on any atom is -0.375 e. The number of amides is 2. The van der Waals surface area contributed by atoms with Crippen molar-refractivity contribution >= 4 is 11.8 Å². The van der Waals surface area contributed by atoms with Gasteiger partial charge >= 0.3 is 11.8 Å². The summed E-state index contributed by atoms with van der Waals surface area (Å²) in [5.41, 5.74) is 1.24. The Labute approximate surface area is 137 Å². The number of nitrogens with zero attached hydrogens (tertiary/aromatic N) is 1. The van der Waals surface area contributed by atoms with E-state index in [0.717, 1.165) is 12.8 Å². The largest absolute Gasteiger partial charge is 0.375 e. The molecule has 0 aromatic heterocycles. The third kappa shape index (κ3) is 3.39. The molecule has 2 amide bonds. The number of carbonyl (C=O) groups excluding carboxylic acids is 2. The second kappa shape index (κ2) is 6.71. The van der Waals surface area contributed by atoms with Gasteiger partial charge in [-0.3, -0.25) is 9.59 Å². The van der Waals surface area contributed by atoms with E-state index in [1.165, 1.54) is 12.0 Å². The Morgan fingerprint density at radius 3 is 2.65 bits per heavy atom.